The molecule has 3 aromatic rings. The highest BCUT2D eigenvalue weighted by atomic mass is 19.1. The summed E-state index contributed by atoms with van der Waals surface area (Å²) in [5.41, 5.74) is 2.41. The molecule has 0 N–H and O–H groups in total. The standard InChI is InChI=1S/C21H18F2N4O/c1-13-6-8-15(18(22)11-13)20(16-9-7-14(2)12-19(16)23)17(5-4-10-28)21-24-25-26-27(21)3/h4-12H,1-3H3. The van der Waals surface area contributed by atoms with E-state index in [1.807, 2.05) is 0 Å². The molecule has 3 rings (SSSR count). The second-order valence-electron chi connectivity index (χ2n) is 6.38. The molecule has 0 aliphatic rings. The molecule has 0 amide bonds. The van der Waals surface area contributed by atoms with Gasteiger partial charge in [0, 0.05) is 29.3 Å². The largest absolute Gasteiger partial charge is 0.299 e. The number of benzene rings is 2. The van der Waals surface area contributed by atoms with Crippen molar-refractivity contribution < 1.29 is 13.6 Å². The van der Waals surface area contributed by atoms with Crippen LogP contribution < -0.4 is 0 Å². The average Bonchev–Trinajstić information content (AvgIpc) is 3.06. The van der Waals surface area contributed by atoms with Crippen molar-refractivity contribution in [2.24, 2.45) is 7.05 Å². The minimum Gasteiger partial charge on any atom is -0.299 e. The molecule has 142 valence electrons. The van der Waals surface area contributed by atoms with Crippen molar-refractivity contribution in [2.75, 3.05) is 0 Å². The molecule has 0 saturated carbocycles. The number of halogens is 2. The molecular formula is C21H18F2N4O. The van der Waals surface area contributed by atoms with Crippen LogP contribution in [-0.2, 0) is 11.8 Å². The molecule has 1 heterocycles. The van der Waals surface area contributed by atoms with E-state index in [2.05, 4.69) is 15.5 Å². The summed E-state index contributed by atoms with van der Waals surface area (Å²) in [6.45, 7) is 3.53. The fourth-order valence-electron chi connectivity index (χ4n) is 2.94. The van der Waals surface area contributed by atoms with Crippen molar-refractivity contribution in [3.05, 3.63) is 88.3 Å². The predicted molar refractivity (Wildman–Crippen MR) is 102 cm³/mol. The first-order chi connectivity index (χ1) is 13.4. The number of rotatable bonds is 5. The van der Waals surface area contributed by atoms with E-state index in [0.717, 1.165) is 11.1 Å². The van der Waals surface area contributed by atoms with Gasteiger partial charge in [-0.3, -0.25) is 4.79 Å². The van der Waals surface area contributed by atoms with Crippen LogP contribution in [0, 0.1) is 25.5 Å². The number of hydrogen-bond donors (Lipinski definition) is 0. The Balaban J connectivity index is 2.45. The minimum atomic E-state index is -0.512. The van der Waals surface area contributed by atoms with Crippen molar-refractivity contribution in [1.82, 2.24) is 20.2 Å². The van der Waals surface area contributed by atoms with E-state index in [9.17, 15) is 13.6 Å². The van der Waals surface area contributed by atoms with E-state index in [1.54, 1.807) is 45.2 Å². The second-order valence-corrected chi connectivity index (χ2v) is 6.38. The Bertz CT molecular complexity index is 1050. The molecule has 0 aliphatic carbocycles. The summed E-state index contributed by atoms with van der Waals surface area (Å²) in [6.07, 6.45) is 3.27. The number of aldehydes is 1. The molecule has 2 aromatic carbocycles. The van der Waals surface area contributed by atoms with E-state index < -0.39 is 11.6 Å². The average molecular weight is 380 g/mol. The SMILES string of the molecule is Cc1ccc(C(=C(C=CC=O)c2nnnn2C)c2ccc(C)cc2F)c(F)c1. The van der Waals surface area contributed by atoms with Crippen LogP contribution in [0.15, 0.2) is 48.6 Å². The van der Waals surface area contributed by atoms with Gasteiger partial charge >= 0.3 is 0 Å². The van der Waals surface area contributed by atoms with Gasteiger partial charge in [-0.15, -0.1) is 5.10 Å². The van der Waals surface area contributed by atoms with Gasteiger partial charge in [0.1, 0.15) is 17.9 Å². The Morgan fingerprint density at radius 1 is 1.00 bits per heavy atom. The van der Waals surface area contributed by atoms with Crippen LogP contribution in [0.1, 0.15) is 28.1 Å². The molecule has 0 spiro atoms. The van der Waals surface area contributed by atoms with Crippen LogP contribution in [0.5, 0.6) is 0 Å². The first-order valence-corrected chi connectivity index (χ1v) is 8.54. The van der Waals surface area contributed by atoms with Crippen molar-refractivity contribution in [1.29, 1.82) is 0 Å². The highest BCUT2D eigenvalue weighted by molar-refractivity contribution is 6.02. The van der Waals surface area contributed by atoms with E-state index in [4.69, 9.17) is 0 Å². The molecule has 0 aliphatic heterocycles. The zero-order chi connectivity index (χ0) is 20.3. The van der Waals surface area contributed by atoms with Crippen LogP contribution in [-0.4, -0.2) is 26.5 Å². The highest BCUT2D eigenvalue weighted by Crippen LogP contribution is 2.35. The Kier molecular flexibility index (Phi) is 5.54. The Labute approximate surface area is 161 Å². The molecule has 0 bridgehead atoms. The topological polar surface area (TPSA) is 60.7 Å². The number of aryl methyl sites for hydroxylation is 3. The molecule has 0 atom stereocenters. The van der Waals surface area contributed by atoms with Crippen molar-refractivity contribution in [3.63, 3.8) is 0 Å². The third-order valence-corrected chi connectivity index (χ3v) is 4.26. The third-order valence-electron chi connectivity index (χ3n) is 4.26. The van der Waals surface area contributed by atoms with Crippen molar-refractivity contribution in [2.45, 2.75) is 13.8 Å². The number of tetrazole rings is 1. The van der Waals surface area contributed by atoms with Gasteiger partial charge in [0.15, 0.2) is 5.82 Å². The maximum absolute atomic E-state index is 14.9. The van der Waals surface area contributed by atoms with Gasteiger partial charge in [-0.25, -0.2) is 13.5 Å². The Morgan fingerprint density at radius 3 is 2.00 bits per heavy atom. The molecule has 1 aromatic heterocycles. The quantitative estimate of drug-likeness (QED) is 0.384. The molecule has 5 nitrogen and oxygen atoms in total. The van der Waals surface area contributed by atoms with Crippen LogP contribution in [0.4, 0.5) is 8.78 Å². The Hall–Kier alpha value is -3.48. The number of nitrogens with zero attached hydrogens (tertiary/aromatic N) is 4. The monoisotopic (exact) mass is 380 g/mol. The van der Waals surface area contributed by atoms with Gasteiger partial charge in [0.25, 0.3) is 0 Å². The van der Waals surface area contributed by atoms with E-state index in [1.165, 1.54) is 29.0 Å². The number of hydrogen-bond acceptors (Lipinski definition) is 4. The minimum absolute atomic E-state index is 0.182. The van der Waals surface area contributed by atoms with Gasteiger partial charge in [-0.2, -0.15) is 0 Å². The molecule has 0 unspecified atom stereocenters. The van der Waals surface area contributed by atoms with E-state index >= 15 is 0 Å². The molecule has 28 heavy (non-hydrogen) atoms. The number of allylic oxidation sites excluding steroid dienone is 3. The van der Waals surface area contributed by atoms with Crippen molar-refractivity contribution in [3.8, 4) is 0 Å². The van der Waals surface area contributed by atoms with E-state index in [0.29, 0.717) is 11.9 Å². The van der Waals surface area contributed by atoms with Gasteiger partial charge < -0.3 is 0 Å². The zero-order valence-corrected chi connectivity index (χ0v) is 15.6. The molecule has 0 fully saturated rings. The summed E-state index contributed by atoms with van der Waals surface area (Å²) in [5.74, 6) is -0.753. The fourth-order valence-corrected chi connectivity index (χ4v) is 2.94. The molecular weight excluding hydrogens is 362 g/mol. The maximum atomic E-state index is 14.9. The zero-order valence-electron chi connectivity index (χ0n) is 15.6. The summed E-state index contributed by atoms with van der Waals surface area (Å²) in [6, 6.07) is 9.38. The second kappa shape index (κ2) is 8.04. The Morgan fingerprint density at radius 2 is 1.57 bits per heavy atom. The summed E-state index contributed by atoms with van der Waals surface area (Å²) in [4.78, 5) is 11.0. The first-order valence-electron chi connectivity index (χ1n) is 8.54. The lowest BCUT2D eigenvalue weighted by atomic mass is 9.90. The number of carbonyl (C=O) groups is 1. The fraction of sp³-hybridized carbons (Fsp3) is 0.143. The smallest absolute Gasteiger partial charge is 0.182 e. The molecule has 7 heteroatoms. The van der Waals surface area contributed by atoms with Gasteiger partial charge in [-0.1, -0.05) is 24.3 Å². The van der Waals surface area contributed by atoms with Crippen molar-refractivity contribution >= 4 is 17.4 Å². The van der Waals surface area contributed by atoms with Gasteiger partial charge in [-0.05, 0) is 59.7 Å². The highest BCUT2D eigenvalue weighted by Gasteiger charge is 2.21. The normalized spacial score (nSPS) is 11.0. The number of carbonyl (C=O) groups excluding carboxylic acids is 1. The third kappa shape index (κ3) is 3.78. The molecule has 0 saturated heterocycles. The van der Waals surface area contributed by atoms with E-state index in [-0.39, 0.29) is 22.5 Å². The van der Waals surface area contributed by atoms with Crippen LogP contribution in [0.2, 0.25) is 0 Å². The first kappa shape index (κ1) is 19.3. The summed E-state index contributed by atoms with van der Waals surface area (Å²) < 4.78 is 31.2. The molecule has 0 radical (unpaired) electrons. The predicted octanol–water partition coefficient (Wildman–Crippen LogP) is 3.82. The summed E-state index contributed by atoms with van der Waals surface area (Å²) in [7, 11) is 1.61. The van der Waals surface area contributed by atoms with Gasteiger partial charge in [0.05, 0.1) is 0 Å². The maximum Gasteiger partial charge on any atom is 0.182 e. The van der Waals surface area contributed by atoms with Crippen LogP contribution >= 0.6 is 0 Å². The lowest BCUT2D eigenvalue weighted by Gasteiger charge is -2.15. The van der Waals surface area contributed by atoms with Gasteiger partial charge in [0.2, 0.25) is 0 Å². The lowest BCUT2D eigenvalue weighted by molar-refractivity contribution is -0.104. The summed E-state index contributed by atoms with van der Waals surface area (Å²) >= 11 is 0. The lowest BCUT2D eigenvalue weighted by Crippen LogP contribution is -2.04. The number of aromatic nitrogens is 4. The van der Waals surface area contributed by atoms with Crippen LogP contribution in [0.3, 0.4) is 0 Å². The summed E-state index contributed by atoms with van der Waals surface area (Å²) in [5, 5.41) is 11.4. The van der Waals surface area contributed by atoms with Crippen LogP contribution in [0.25, 0.3) is 11.1 Å².